The standard InChI is InChI=1S/C9H13N3.2C2H6/c1-6-4-9-7(2)10-8(3)11-12(9)5-6;2*1-2/h5,9H,4H2,1-3H3;2*1-2H3. The first-order valence-electron chi connectivity index (χ1n) is 6.23. The molecule has 0 aromatic rings. The molecule has 0 amide bonds. The van der Waals surface area contributed by atoms with E-state index < -0.39 is 0 Å². The van der Waals surface area contributed by atoms with Crippen LogP contribution in [0.2, 0.25) is 0 Å². The predicted molar refractivity (Wildman–Crippen MR) is 72.9 cm³/mol. The van der Waals surface area contributed by atoms with Crippen molar-refractivity contribution in [1.82, 2.24) is 5.01 Å². The van der Waals surface area contributed by atoms with E-state index >= 15 is 0 Å². The fraction of sp³-hybridized carbons (Fsp3) is 0.692. The molecule has 0 aliphatic carbocycles. The van der Waals surface area contributed by atoms with E-state index in [1.54, 1.807) is 0 Å². The van der Waals surface area contributed by atoms with Crippen molar-refractivity contribution < 1.29 is 0 Å². The van der Waals surface area contributed by atoms with Gasteiger partial charge in [-0.25, -0.2) is 4.99 Å². The van der Waals surface area contributed by atoms with E-state index in [1.165, 1.54) is 11.3 Å². The monoisotopic (exact) mass is 223 g/mol. The Labute approximate surface area is 99.9 Å². The van der Waals surface area contributed by atoms with Crippen molar-refractivity contribution in [3.05, 3.63) is 11.8 Å². The fourth-order valence-corrected chi connectivity index (χ4v) is 1.72. The predicted octanol–water partition coefficient (Wildman–Crippen LogP) is 3.82. The molecule has 0 spiro atoms. The summed E-state index contributed by atoms with van der Waals surface area (Å²) >= 11 is 0. The summed E-state index contributed by atoms with van der Waals surface area (Å²) in [6.45, 7) is 14.1. The smallest absolute Gasteiger partial charge is 0.145 e. The van der Waals surface area contributed by atoms with Gasteiger partial charge in [0.05, 0.1) is 6.04 Å². The molecule has 92 valence electrons. The van der Waals surface area contributed by atoms with Crippen molar-refractivity contribution in [2.75, 3.05) is 0 Å². The molecule has 1 unspecified atom stereocenters. The van der Waals surface area contributed by atoms with Crippen LogP contribution in [0.5, 0.6) is 0 Å². The van der Waals surface area contributed by atoms with Crippen LogP contribution >= 0.6 is 0 Å². The SMILES string of the molecule is CC.CC.CC1=CN2N=C(C)N=C(C)C2C1. The Morgan fingerprint density at radius 3 is 2.25 bits per heavy atom. The van der Waals surface area contributed by atoms with Gasteiger partial charge >= 0.3 is 0 Å². The van der Waals surface area contributed by atoms with Gasteiger partial charge in [-0.3, -0.25) is 5.01 Å². The summed E-state index contributed by atoms with van der Waals surface area (Å²) in [4.78, 5) is 4.35. The van der Waals surface area contributed by atoms with Gasteiger partial charge in [-0.1, -0.05) is 33.3 Å². The van der Waals surface area contributed by atoms with Gasteiger partial charge < -0.3 is 0 Å². The number of rotatable bonds is 0. The van der Waals surface area contributed by atoms with Crippen LogP contribution in [0.25, 0.3) is 0 Å². The Kier molecular flexibility index (Phi) is 6.70. The van der Waals surface area contributed by atoms with Crippen LogP contribution in [0.3, 0.4) is 0 Å². The molecule has 3 nitrogen and oxygen atoms in total. The lowest BCUT2D eigenvalue weighted by atomic mass is 10.1. The lowest BCUT2D eigenvalue weighted by Crippen LogP contribution is -2.33. The van der Waals surface area contributed by atoms with Crippen molar-refractivity contribution in [2.45, 2.75) is 60.9 Å². The largest absolute Gasteiger partial charge is 0.262 e. The number of hydrazone groups is 1. The zero-order chi connectivity index (χ0) is 12.7. The highest BCUT2D eigenvalue weighted by Crippen LogP contribution is 2.24. The highest BCUT2D eigenvalue weighted by atomic mass is 15.5. The molecule has 2 aliphatic heterocycles. The maximum absolute atomic E-state index is 4.35. The molecule has 0 saturated carbocycles. The summed E-state index contributed by atoms with van der Waals surface area (Å²) < 4.78 is 0. The van der Waals surface area contributed by atoms with Crippen molar-refractivity contribution in [3.8, 4) is 0 Å². The normalized spacial score (nSPS) is 21.6. The van der Waals surface area contributed by atoms with E-state index in [-0.39, 0.29) is 0 Å². The average molecular weight is 223 g/mol. The molecule has 16 heavy (non-hydrogen) atoms. The van der Waals surface area contributed by atoms with E-state index in [0.717, 1.165) is 12.3 Å². The molecule has 2 heterocycles. The molecule has 0 aromatic carbocycles. The minimum absolute atomic E-state index is 0.397. The van der Waals surface area contributed by atoms with Gasteiger partial charge in [0.15, 0.2) is 0 Å². The Hall–Kier alpha value is -1.12. The molecule has 0 saturated heterocycles. The molecule has 1 atom stereocenters. The van der Waals surface area contributed by atoms with Crippen LogP contribution in [-0.2, 0) is 0 Å². The number of hydrogen-bond acceptors (Lipinski definition) is 3. The topological polar surface area (TPSA) is 28.0 Å². The summed E-state index contributed by atoms with van der Waals surface area (Å²) in [5.74, 6) is 0.856. The molecule has 2 rings (SSSR count). The second-order valence-electron chi connectivity index (χ2n) is 3.48. The van der Waals surface area contributed by atoms with Crippen molar-refractivity contribution in [1.29, 1.82) is 0 Å². The summed E-state index contributed by atoms with van der Waals surface area (Å²) in [5, 5.41) is 6.35. The van der Waals surface area contributed by atoms with E-state index in [2.05, 4.69) is 30.1 Å². The van der Waals surface area contributed by atoms with Crippen LogP contribution in [-0.4, -0.2) is 22.6 Å². The van der Waals surface area contributed by atoms with Gasteiger partial charge in [-0.05, 0) is 27.2 Å². The highest BCUT2D eigenvalue weighted by Gasteiger charge is 2.27. The van der Waals surface area contributed by atoms with Gasteiger partial charge in [-0.2, -0.15) is 5.10 Å². The first kappa shape index (κ1) is 14.9. The number of amidine groups is 1. The van der Waals surface area contributed by atoms with Crippen LogP contribution in [0.15, 0.2) is 21.9 Å². The minimum Gasteiger partial charge on any atom is -0.262 e. The fourth-order valence-electron chi connectivity index (χ4n) is 1.72. The van der Waals surface area contributed by atoms with E-state index in [4.69, 9.17) is 0 Å². The Bertz CT molecular complexity index is 300. The van der Waals surface area contributed by atoms with Gasteiger partial charge in [0.25, 0.3) is 0 Å². The summed E-state index contributed by atoms with van der Waals surface area (Å²) in [6.07, 6.45) is 3.18. The maximum atomic E-state index is 4.35. The number of nitrogens with zero attached hydrogens (tertiary/aromatic N) is 3. The molecule has 3 heteroatoms. The first-order valence-corrected chi connectivity index (χ1v) is 6.23. The second-order valence-corrected chi connectivity index (χ2v) is 3.48. The van der Waals surface area contributed by atoms with E-state index in [1.807, 2.05) is 39.6 Å². The van der Waals surface area contributed by atoms with E-state index in [0.29, 0.717) is 6.04 Å². The van der Waals surface area contributed by atoms with Crippen molar-refractivity contribution in [3.63, 3.8) is 0 Å². The first-order chi connectivity index (χ1) is 7.66. The maximum Gasteiger partial charge on any atom is 0.145 e. The van der Waals surface area contributed by atoms with Crippen molar-refractivity contribution >= 4 is 11.5 Å². The lowest BCUT2D eigenvalue weighted by molar-refractivity contribution is 0.374. The van der Waals surface area contributed by atoms with Crippen molar-refractivity contribution in [2.24, 2.45) is 10.1 Å². The van der Waals surface area contributed by atoms with Gasteiger partial charge in [0.1, 0.15) is 5.84 Å². The summed E-state index contributed by atoms with van der Waals surface area (Å²) in [7, 11) is 0. The molecular weight excluding hydrogens is 198 g/mol. The zero-order valence-electron chi connectivity index (χ0n) is 11.7. The highest BCUT2D eigenvalue weighted by molar-refractivity contribution is 6.00. The molecule has 0 aromatic heterocycles. The van der Waals surface area contributed by atoms with Crippen LogP contribution in [0.1, 0.15) is 54.9 Å². The molecule has 2 aliphatic rings. The second kappa shape index (κ2) is 7.20. The van der Waals surface area contributed by atoms with E-state index in [9.17, 15) is 0 Å². The number of aliphatic imine (C=N–C) groups is 1. The van der Waals surface area contributed by atoms with Crippen LogP contribution in [0.4, 0.5) is 0 Å². The molecule has 0 bridgehead atoms. The third-order valence-electron chi connectivity index (χ3n) is 2.27. The number of fused-ring (bicyclic) bond motifs is 1. The summed E-state index contributed by atoms with van der Waals surface area (Å²) in [6, 6.07) is 0.397. The third-order valence-corrected chi connectivity index (χ3v) is 2.27. The quantitative estimate of drug-likeness (QED) is 0.613. The van der Waals surface area contributed by atoms with Gasteiger partial charge in [-0.15, -0.1) is 0 Å². The number of hydrogen-bond donors (Lipinski definition) is 0. The Balaban J connectivity index is 0.000000509. The molecule has 0 radical (unpaired) electrons. The van der Waals surface area contributed by atoms with Crippen LogP contribution < -0.4 is 0 Å². The summed E-state index contributed by atoms with van der Waals surface area (Å²) in [5.41, 5.74) is 2.56. The van der Waals surface area contributed by atoms with Gasteiger partial charge in [0, 0.05) is 11.9 Å². The minimum atomic E-state index is 0.397. The molecule has 0 N–H and O–H groups in total. The molecular formula is C13H25N3. The lowest BCUT2D eigenvalue weighted by Gasteiger charge is -2.24. The zero-order valence-corrected chi connectivity index (χ0v) is 11.7. The molecule has 0 fully saturated rings. The third kappa shape index (κ3) is 3.47. The van der Waals surface area contributed by atoms with Crippen LogP contribution in [0, 0.1) is 0 Å². The Morgan fingerprint density at radius 1 is 1.12 bits per heavy atom. The average Bonchev–Trinajstić information content (AvgIpc) is 2.65. The Morgan fingerprint density at radius 2 is 1.69 bits per heavy atom. The van der Waals surface area contributed by atoms with Gasteiger partial charge in [0.2, 0.25) is 0 Å².